The summed E-state index contributed by atoms with van der Waals surface area (Å²) in [6.45, 7) is 1.54. The third-order valence-corrected chi connectivity index (χ3v) is 24.1. The van der Waals surface area contributed by atoms with E-state index in [2.05, 4.69) is 91.0 Å². The number of phenols is 1. The lowest BCUT2D eigenvalue weighted by Crippen LogP contribution is -1.99. The van der Waals surface area contributed by atoms with E-state index in [9.17, 15) is 37.5 Å². The van der Waals surface area contributed by atoms with E-state index in [0.717, 1.165) is 118 Å². The molecule has 23 rings (SSSR count). The molecule has 0 aliphatic heterocycles. The maximum atomic E-state index is 11.6. The number of thioether (sulfide) groups is 1. The first kappa shape index (κ1) is 88.1. The number of nitrogens with zero attached hydrogens (tertiary/aromatic N) is 11. The second kappa shape index (κ2) is 39.7. The van der Waals surface area contributed by atoms with Crippen LogP contribution in [-0.2, 0) is 16.9 Å². The molecule has 0 saturated heterocycles. The van der Waals surface area contributed by atoms with Crippen LogP contribution in [0.15, 0.2) is 291 Å². The van der Waals surface area contributed by atoms with Gasteiger partial charge in [-0.15, -0.1) is 68.0 Å². The van der Waals surface area contributed by atoms with Gasteiger partial charge in [-0.3, -0.25) is 29.9 Å². The molecule has 0 amide bonds. The Bertz CT molecular complexity index is 8080. The first-order valence-electron chi connectivity index (χ1n) is 37.6. The highest BCUT2D eigenvalue weighted by Crippen LogP contribution is 2.34. The first-order valence-corrected chi connectivity index (χ1v) is 47.9. The van der Waals surface area contributed by atoms with Crippen molar-refractivity contribution in [3.8, 4) is 73.3 Å². The molecule has 0 aliphatic rings. The lowest BCUT2D eigenvalue weighted by Gasteiger charge is -2.01. The smallest absolute Gasteiger partial charge is 0.417 e. The fraction of sp³-hybridized carbons (Fsp3) is 0.0575. The number of H-pyrrole nitrogens is 4. The van der Waals surface area contributed by atoms with Gasteiger partial charge < -0.3 is 51.3 Å². The van der Waals surface area contributed by atoms with E-state index in [4.69, 9.17) is 48.9 Å². The second-order valence-electron chi connectivity index (χ2n) is 27.1. The minimum atomic E-state index is -3.42. The number of oxazole rings is 7. The van der Waals surface area contributed by atoms with Crippen molar-refractivity contribution in [2.45, 2.75) is 17.4 Å². The van der Waals surface area contributed by atoms with Gasteiger partial charge in [0.05, 0.1) is 111 Å². The van der Waals surface area contributed by atoms with Gasteiger partial charge in [-0.05, 0) is 147 Å². The summed E-state index contributed by atoms with van der Waals surface area (Å²) in [4.78, 5) is 109. The zero-order valence-corrected chi connectivity index (χ0v) is 75.9. The highest BCUT2D eigenvalue weighted by atomic mass is 79.9. The maximum absolute atomic E-state index is 11.6. The molecule has 14 heterocycles. The number of carbonyl (C=O) groups is 2. The molecule has 14 aromatic heterocycles. The molecule has 0 unspecified atom stereocenters. The Labute approximate surface area is 767 Å². The molecular weight excluding hydrogens is 1890 g/mol. The Kier molecular flexibility index (Phi) is 27.1. The van der Waals surface area contributed by atoms with Crippen molar-refractivity contribution in [2.24, 2.45) is 7.05 Å². The number of hydrogen-bond acceptors (Lipinski definition) is 35. The summed E-state index contributed by atoms with van der Waals surface area (Å²) >= 11 is 18.8. The third-order valence-electron chi connectivity index (χ3n) is 18.6. The molecule has 129 heavy (non-hydrogen) atoms. The Hall–Kier alpha value is -14.3. The van der Waals surface area contributed by atoms with Gasteiger partial charge in [0.1, 0.15) is 22.3 Å². The van der Waals surface area contributed by atoms with Gasteiger partial charge in [0, 0.05) is 90.1 Å². The lowest BCUT2D eigenvalue weighted by atomic mass is 10.1. The van der Waals surface area contributed by atoms with Gasteiger partial charge in [0.15, 0.2) is 50.6 Å². The van der Waals surface area contributed by atoms with Crippen LogP contribution in [0.25, 0.3) is 156 Å². The summed E-state index contributed by atoms with van der Waals surface area (Å²) in [5.41, 5.74) is 40.0. The molecule has 0 radical (unpaired) electrons. The predicted molar refractivity (Wildman–Crippen MR) is 510 cm³/mol. The molecule has 0 bridgehead atoms. The molecule has 0 saturated carbocycles. The Balaban J connectivity index is 0.000000110. The van der Waals surface area contributed by atoms with Crippen molar-refractivity contribution < 1.29 is 54.0 Å². The molecule has 42 heteroatoms. The van der Waals surface area contributed by atoms with Crippen LogP contribution in [0.3, 0.4) is 0 Å². The highest BCUT2D eigenvalue weighted by molar-refractivity contribution is 9.09. The number of fused-ring (bicyclic) bond motifs is 8. The molecule has 8 N–H and O–H groups in total. The number of sulfone groups is 1. The number of phenolic OH excluding ortho intramolecular Hbond substituents is 1. The van der Waals surface area contributed by atoms with Crippen LogP contribution in [0.5, 0.6) is 5.75 Å². The number of aromatic amines is 4. The van der Waals surface area contributed by atoms with E-state index in [1.54, 1.807) is 130 Å². The highest BCUT2D eigenvalue weighted by Gasteiger charge is 2.19. The number of hydrogen-bond donors (Lipinski definition) is 7. The monoisotopic (exact) mass is 1950 g/mol. The Morgan fingerprint density at radius 1 is 0.473 bits per heavy atom. The SMILES string of the molecule is CC(=O)c1ccc2c(c1)nc(Nc1nc3ccc(-c4cscn4)cc3o1)n2C.CS(=O)(=O)c1nc2ccc(-c3cscn3)cc2o1.CSc1nc2ccc(-c3cscn3)cc2o1.Nc1ccc(-c2cscn2)cc1O.O=C(CBr)c1ccc2[nH]c(=O)oc2c1.O=c1[nH]c2ccc(-c3cscn3)cc2o1.O=c1[nH]c2ccccc2o1.S=c1[nH]c2ccc(-c3cscn3)cc2o1. The number of halogens is 1. The number of anilines is 3. The van der Waals surface area contributed by atoms with Crippen LogP contribution in [0.4, 0.5) is 17.7 Å². The number of Topliss-reactive ketones (excluding diaryl/α,β-unsaturated/α-hetero) is 2. The van der Waals surface area contributed by atoms with Crippen molar-refractivity contribution in [1.82, 2.24) is 74.3 Å². The normalized spacial score (nSPS) is 11.0. The van der Waals surface area contributed by atoms with E-state index in [0.29, 0.717) is 83.3 Å². The van der Waals surface area contributed by atoms with Crippen LogP contribution in [0.1, 0.15) is 27.6 Å². The summed E-state index contributed by atoms with van der Waals surface area (Å²) in [6, 6.07) is 51.5. The number of imidazole rings is 1. The largest absolute Gasteiger partial charge is 0.506 e. The van der Waals surface area contributed by atoms with Crippen LogP contribution in [0, 0.1) is 4.84 Å². The minimum absolute atomic E-state index is 0.0110. The van der Waals surface area contributed by atoms with E-state index in [1.165, 1.54) is 45.8 Å². The van der Waals surface area contributed by atoms with Crippen molar-refractivity contribution in [3.05, 3.63) is 283 Å². The fourth-order valence-corrected chi connectivity index (χ4v) is 17.0. The van der Waals surface area contributed by atoms with Crippen molar-refractivity contribution in [2.75, 3.05) is 28.9 Å². The molecule has 9 aromatic carbocycles. The first-order chi connectivity index (χ1) is 62.5. The molecule has 0 atom stereocenters. The summed E-state index contributed by atoms with van der Waals surface area (Å²) in [5, 5.41) is 25.0. The summed E-state index contributed by atoms with van der Waals surface area (Å²) in [7, 11) is -1.53. The van der Waals surface area contributed by atoms with E-state index >= 15 is 0 Å². The zero-order chi connectivity index (χ0) is 89.8. The standard InChI is InChI=1S/C20H15N5O2S.C11H8N2O3S2.C11H8N2OS2.C10H6N2O2S.C10H6N2OS2.C9H6BrNO3.C9H8N2OS.C7H5NO2/c1-11(26)12-4-6-17-15(7-12)22-19(25(17)2)24-20-23-14-5-3-13(8-18(14)27-20)16-9-28-10-21-16;1-18(14,15)11-13-8-3-2-7(4-10(8)16-11)9-5-17-6-12-9;1-15-11-13-8-3-2-7(4-10(8)14-11)9-5-16-6-12-9;13-10-12-7-2-1-6(3-9(7)14-10)8-4-15-5-11-8;14-10-12-7-2-1-6(3-9(7)13-10)8-4-15-5-11-8;10-4-7(12)5-1-2-6-8(3-5)14-9(13)11-6;10-7-2-1-6(3-9(7)12)8-4-13-5-11-8;9-7-8-5-3-1-2-4-6(5)10-7/h3-10H,1-2H3,(H,22,23,24);2-6H,1H3;2-6H,1H3;1-5H,(H,12,13);1-5H,(H,12,14);1-3H,4H2,(H,11,13);1-5,12H,10H2;1-4H,(H,8,9). The average Bonchev–Trinajstić information content (AvgIpc) is 1.63. The van der Waals surface area contributed by atoms with Gasteiger partial charge in [-0.2, -0.15) is 9.97 Å². The minimum Gasteiger partial charge on any atom is -0.506 e. The summed E-state index contributed by atoms with van der Waals surface area (Å²) in [5.74, 6) is -0.690. The van der Waals surface area contributed by atoms with Crippen LogP contribution in [-0.4, -0.2) is 117 Å². The number of aromatic hydroxyl groups is 1. The van der Waals surface area contributed by atoms with Crippen molar-refractivity contribution in [1.29, 1.82) is 0 Å². The maximum Gasteiger partial charge on any atom is 0.417 e. The topological polar surface area (TPSA) is 467 Å². The number of rotatable bonds is 13. The molecule has 32 nitrogen and oxygen atoms in total. The average molecular weight is 1950 g/mol. The number of alkyl halides is 1. The number of carbonyl (C=O) groups excluding carboxylic acids is 2. The van der Waals surface area contributed by atoms with Gasteiger partial charge in [0.2, 0.25) is 15.8 Å². The summed E-state index contributed by atoms with van der Waals surface area (Å²) in [6.07, 6.45) is 3.02. The molecule has 646 valence electrons. The van der Waals surface area contributed by atoms with Gasteiger partial charge >= 0.3 is 28.5 Å². The van der Waals surface area contributed by atoms with E-state index < -0.39 is 27.1 Å². The molecule has 0 aliphatic carbocycles. The number of aryl methyl sites for hydroxylation is 1. The number of nitrogens with one attached hydrogen (secondary N) is 5. The number of benzene rings is 9. The number of nitrogen functional groups attached to an aromatic ring is 1. The number of ketones is 2. The molecule has 23 aromatic rings. The van der Waals surface area contributed by atoms with Gasteiger partial charge in [0.25, 0.3) is 10.1 Å². The number of thiazole rings is 6. The summed E-state index contributed by atoms with van der Waals surface area (Å²) < 4.78 is 61.2. The van der Waals surface area contributed by atoms with Gasteiger partial charge in [-0.1, -0.05) is 76.2 Å². The van der Waals surface area contributed by atoms with Crippen molar-refractivity contribution in [3.63, 3.8) is 0 Å². The number of para-hydroxylation sites is 2. The Morgan fingerprint density at radius 3 is 1.37 bits per heavy atom. The molecule has 0 spiro atoms. The van der Waals surface area contributed by atoms with Crippen LogP contribution >= 0.6 is 108 Å². The predicted octanol–water partition coefficient (Wildman–Crippen LogP) is 21.6. The van der Waals surface area contributed by atoms with Gasteiger partial charge in [-0.25, -0.2) is 62.7 Å². The number of nitrogens with two attached hydrogens (primary N) is 1. The second-order valence-corrected chi connectivity index (χ2v) is 35.0. The van der Waals surface area contributed by atoms with Crippen LogP contribution < -0.4 is 28.3 Å². The van der Waals surface area contributed by atoms with E-state index in [-0.39, 0.29) is 27.9 Å². The van der Waals surface area contributed by atoms with Crippen LogP contribution in [0.2, 0.25) is 0 Å². The number of aromatic nitrogens is 15. The fourth-order valence-electron chi connectivity index (χ4n) is 12.3. The van der Waals surface area contributed by atoms with E-state index in [1.807, 2.05) is 164 Å². The Morgan fingerprint density at radius 2 is 0.891 bits per heavy atom. The zero-order valence-electron chi connectivity index (χ0n) is 67.0. The van der Waals surface area contributed by atoms with Crippen molar-refractivity contribution >= 4 is 236 Å². The molecule has 0 fully saturated rings. The molecular formula is C87H62BrN17O15S9. The quantitative estimate of drug-likeness (QED) is 0.0141. The lowest BCUT2D eigenvalue weighted by molar-refractivity contribution is 0.101. The third kappa shape index (κ3) is 21.5.